The molecule has 0 amide bonds. The molecule has 90 valence electrons. The van der Waals surface area contributed by atoms with Gasteiger partial charge in [0.2, 0.25) is 0 Å². The summed E-state index contributed by atoms with van der Waals surface area (Å²) < 4.78 is 0. The minimum atomic E-state index is 0.347. The Morgan fingerprint density at radius 1 is 1.29 bits per heavy atom. The highest BCUT2D eigenvalue weighted by molar-refractivity contribution is 5.28. The first-order valence-corrected chi connectivity index (χ1v) is 5.96. The minimum Gasteiger partial charge on any atom is -0.345 e. The number of imidazole rings is 1. The quantitative estimate of drug-likeness (QED) is 0.846. The van der Waals surface area contributed by atoms with Crippen LogP contribution in [0.2, 0.25) is 0 Å². The summed E-state index contributed by atoms with van der Waals surface area (Å²) >= 11 is 0. The van der Waals surface area contributed by atoms with Gasteiger partial charge in [0.05, 0.1) is 0 Å². The fourth-order valence-corrected chi connectivity index (χ4v) is 2.01. The predicted molar refractivity (Wildman–Crippen MR) is 69.8 cm³/mol. The molecule has 2 aromatic rings. The van der Waals surface area contributed by atoms with E-state index in [2.05, 4.69) is 53.4 Å². The summed E-state index contributed by atoms with van der Waals surface area (Å²) in [4.78, 5) is 7.41. The average Bonchev–Trinajstić information content (AvgIpc) is 2.73. The lowest BCUT2D eigenvalue weighted by Gasteiger charge is -2.15. The summed E-state index contributed by atoms with van der Waals surface area (Å²) in [6.07, 6.45) is 1.88. The molecule has 3 heteroatoms. The molecule has 2 rings (SSSR count). The SMILES string of the molecule is Cc1ncc(CN[C@H](C)c2ccccc2C)[nH]1. The summed E-state index contributed by atoms with van der Waals surface area (Å²) in [6.45, 7) is 7.12. The summed E-state index contributed by atoms with van der Waals surface area (Å²) in [5.41, 5.74) is 3.81. The number of hydrogen-bond donors (Lipinski definition) is 2. The van der Waals surface area contributed by atoms with Gasteiger partial charge in [-0.2, -0.15) is 0 Å². The van der Waals surface area contributed by atoms with Gasteiger partial charge in [0.25, 0.3) is 0 Å². The fraction of sp³-hybridized carbons (Fsp3) is 0.357. The summed E-state index contributed by atoms with van der Waals surface area (Å²) in [5.74, 6) is 0.963. The van der Waals surface area contributed by atoms with Crippen LogP contribution in [0.3, 0.4) is 0 Å². The van der Waals surface area contributed by atoms with Crippen LogP contribution in [0, 0.1) is 13.8 Å². The maximum atomic E-state index is 4.19. The molecule has 0 aliphatic carbocycles. The van der Waals surface area contributed by atoms with Gasteiger partial charge >= 0.3 is 0 Å². The van der Waals surface area contributed by atoms with Crippen LogP contribution in [0.4, 0.5) is 0 Å². The van der Waals surface area contributed by atoms with Crippen molar-refractivity contribution in [2.75, 3.05) is 0 Å². The summed E-state index contributed by atoms with van der Waals surface area (Å²) in [5, 5.41) is 3.50. The van der Waals surface area contributed by atoms with E-state index in [1.54, 1.807) is 0 Å². The zero-order chi connectivity index (χ0) is 12.3. The molecule has 3 nitrogen and oxygen atoms in total. The molecule has 0 aliphatic heterocycles. The lowest BCUT2D eigenvalue weighted by atomic mass is 10.0. The van der Waals surface area contributed by atoms with Gasteiger partial charge in [-0.05, 0) is 31.9 Å². The second-order valence-corrected chi connectivity index (χ2v) is 4.45. The second-order valence-electron chi connectivity index (χ2n) is 4.45. The van der Waals surface area contributed by atoms with Crippen LogP contribution in [-0.2, 0) is 6.54 Å². The summed E-state index contributed by atoms with van der Waals surface area (Å²) in [7, 11) is 0. The molecule has 0 saturated heterocycles. The van der Waals surface area contributed by atoms with Crippen LogP contribution in [-0.4, -0.2) is 9.97 Å². The van der Waals surface area contributed by atoms with Crippen molar-refractivity contribution in [2.24, 2.45) is 0 Å². The Morgan fingerprint density at radius 3 is 2.71 bits per heavy atom. The smallest absolute Gasteiger partial charge is 0.103 e. The van der Waals surface area contributed by atoms with Crippen molar-refractivity contribution in [1.29, 1.82) is 0 Å². The van der Waals surface area contributed by atoms with Crippen LogP contribution in [0.25, 0.3) is 0 Å². The molecular weight excluding hydrogens is 210 g/mol. The number of benzene rings is 1. The van der Waals surface area contributed by atoms with Crippen molar-refractivity contribution in [3.8, 4) is 0 Å². The van der Waals surface area contributed by atoms with Crippen molar-refractivity contribution in [1.82, 2.24) is 15.3 Å². The van der Waals surface area contributed by atoms with Crippen LogP contribution in [0.15, 0.2) is 30.5 Å². The molecule has 1 aromatic heterocycles. The highest BCUT2D eigenvalue weighted by Gasteiger charge is 2.07. The van der Waals surface area contributed by atoms with Gasteiger partial charge in [-0.1, -0.05) is 24.3 Å². The molecular formula is C14H19N3. The molecule has 1 atom stereocenters. The van der Waals surface area contributed by atoms with Gasteiger partial charge in [0, 0.05) is 24.5 Å². The highest BCUT2D eigenvalue weighted by Crippen LogP contribution is 2.16. The minimum absolute atomic E-state index is 0.347. The largest absolute Gasteiger partial charge is 0.345 e. The van der Waals surface area contributed by atoms with Crippen LogP contribution in [0.1, 0.15) is 35.6 Å². The van der Waals surface area contributed by atoms with E-state index in [4.69, 9.17) is 0 Å². The zero-order valence-electron chi connectivity index (χ0n) is 10.6. The summed E-state index contributed by atoms with van der Waals surface area (Å²) in [6, 6.07) is 8.82. The third-order valence-corrected chi connectivity index (χ3v) is 3.01. The van der Waals surface area contributed by atoms with E-state index in [1.165, 1.54) is 11.1 Å². The second kappa shape index (κ2) is 5.15. The van der Waals surface area contributed by atoms with Crippen molar-refractivity contribution in [3.05, 3.63) is 53.1 Å². The first kappa shape index (κ1) is 11.9. The Balaban J connectivity index is 1.98. The number of nitrogens with one attached hydrogen (secondary N) is 2. The lowest BCUT2D eigenvalue weighted by molar-refractivity contribution is 0.566. The number of hydrogen-bond acceptors (Lipinski definition) is 2. The molecule has 0 radical (unpaired) electrons. The fourth-order valence-electron chi connectivity index (χ4n) is 2.01. The molecule has 2 N–H and O–H groups in total. The monoisotopic (exact) mass is 229 g/mol. The molecule has 17 heavy (non-hydrogen) atoms. The van der Waals surface area contributed by atoms with Gasteiger partial charge in [-0.25, -0.2) is 4.98 Å². The third-order valence-electron chi connectivity index (χ3n) is 3.01. The third kappa shape index (κ3) is 2.94. The van der Waals surface area contributed by atoms with Crippen molar-refractivity contribution < 1.29 is 0 Å². The number of aromatic amines is 1. The highest BCUT2D eigenvalue weighted by atomic mass is 15.0. The standard InChI is InChI=1S/C14H19N3/c1-10-6-4-5-7-14(10)11(2)15-8-13-9-16-12(3)17-13/h4-7,9,11,15H,8H2,1-3H3,(H,16,17)/t11-/m1/s1. The molecule has 0 saturated carbocycles. The van der Waals surface area contributed by atoms with Gasteiger partial charge in [0.1, 0.15) is 5.82 Å². The van der Waals surface area contributed by atoms with Crippen LogP contribution in [0.5, 0.6) is 0 Å². The molecule has 1 aromatic carbocycles. The maximum Gasteiger partial charge on any atom is 0.103 e. The molecule has 0 fully saturated rings. The van der Waals surface area contributed by atoms with E-state index in [0.29, 0.717) is 6.04 Å². The Hall–Kier alpha value is -1.61. The van der Waals surface area contributed by atoms with Crippen molar-refractivity contribution in [3.63, 3.8) is 0 Å². The van der Waals surface area contributed by atoms with E-state index in [9.17, 15) is 0 Å². The van der Waals surface area contributed by atoms with Gasteiger partial charge < -0.3 is 10.3 Å². The topological polar surface area (TPSA) is 40.7 Å². The van der Waals surface area contributed by atoms with Gasteiger partial charge in [0.15, 0.2) is 0 Å². The first-order chi connectivity index (χ1) is 8.16. The Labute approximate surface area is 102 Å². The maximum absolute atomic E-state index is 4.19. The molecule has 0 aliphatic rings. The number of rotatable bonds is 4. The van der Waals surface area contributed by atoms with E-state index < -0.39 is 0 Å². The lowest BCUT2D eigenvalue weighted by Crippen LogP contribution is -2.19. The van der Waals surface area contributed by atoms with Crippen molar-refractivity contribution >= 4 is 0 Å². The van der Waals surface area contributed by atoms with Crippen molar-refractivity contribution in [2.45, 2.75) is 33.4 Å². The van der Waals surface area contributed by atoms with E-state index >= 15 is 0 Å². The van der Waals surface area contributed by atoms with Gasteiger partial charge in [-0.15, -0.1) is 0 Å². The number of nitrogens with zero attached hydrogens (tertiary/aromatic N) is 1. The van der Waals surface area contributed by atoms with E-state index in [-0.39, 0.29) is 0 Å². The average molecular weight is 229 g/mol. The molecule has 0 bridgehead atoms. The molecule has 1 heterocycles. The molecule has 0 unspecified atom stereocenters. The first-order valence-electron chi connectivity index (χ1n) is 5.96. The predicted octanol–water partition coefficient (Wildman–Crippen LogP) is 2.88. The number of aromatic nitrogens is 2. The zero-order valence-corrected chi connectivity index (χ0v) is 10.6. The van der Waals surface area contributed by atoms with Crippen LogP contribution >= 0.6 is 0 Å². The van der Waals surface area contributed by atoms with Crippen LogP contribution < -0.4 is 5.32 Å². The van der Waals surface area contributed by atoms with E-state index in [0.717, 1.165) is 18.1 Å². The Morgan fingerprint density at radius 2 is 2.06 bits per heavy atom. The number of H-pyrrole nitrogens is 1. The Bertz CT molecular complexity index is 488. The molecule has 0 spiro atoms. The Kier molecular flexibility index (Phi) is 3.59. The normalized spacial score (nSPS) is 12.6. The van der Waals surface area contributed by atoms with E-state index in [1.807, 2.05) is 13.1 Å². The van der Waals surface area contributed by atoms with Gasteiger partial charge in [-0.3, -0.25) is 0 Å². The number of aryl methyl sites for hydroxylation is 2.